The SMILES string of the molecule is C=Cc1ccnc2nc(C(=O)O)ccc12. The van der Waals surface area contributed by atoms with Crippen LogP contribution in [-0.2, 0) is 0 Å². The number of rotatable bonds is 2. The number of carboxylic acid groups (broad SMARTS) is 1. The minimum absolute atomic E-state index is 0.00351. The smallest absolute Gasteiger partial charge is 0.354 e. The van der Waals surface area contributed by atoms with Gasteiger partial charge in [0.15, 0.2) is 11.3 Å². The molecular weight excluding hydrogens is 192 g/mol. The molecule has 2 rings (SSSR count). The van der Waals surface area contributed by atoms with E-state index in [1.807, 2.05) is 0 Å². The second kappa shape index (κ2) is 3.49. The molecule has 0 aliphatic heterocycles. The van der Waals surface area contributed by atoms with E-state index in [0.29, 0.717) is 5.65 Å². The number of aromatic nitrogens is 2. The van der Waals surface area contributed by atoms with Crippen LogP contribution in [0.25, 0.3) is 17.1 Å². The Morgan fingerprint density at radius 3 is 2.87 bits per heavy atom. The fraction of sp³-hybridized carbons (Fsp3) is 0. The molecule has 0 amide bonds. The summed E-state index contributed by atoms with van der Waals surface area (Å²) in [5.74, 6) is -1.05. The molecule has 4 nitrogen and oxygen atoms in total. The average Bonchev–Trinajstić information content (AvgIpc) is 2.27. The molecule has 0 bridgehead atoms. The summed E-state index contributed by atoms with van der Waals surface area (Å²) in [6.07, 6.45) is 3.27. The molecule has 2 heterocycles. The van der Waals surface area contributed by atoms with E-state index in [2.05, 4.69) is 16.5 Å². The topological polar surface area (TPSA) is 63.1 Å². The third-order valence-corrected chi connectivity index (χ3v) is 2.08. The number of carboxylic acids is 1. The van der Waals surface area contributed by atoms with Crippen LogP contribution in [0, 0.1) is 0 Å². The van der Waals surface area contributed by atoms with Gasteiger partial charge in [-0.1, -0.05) is 12.7 Å². The minimum Gasteiger partial charge on any atom is -0.477 e. The van der Waals surface area contributed by atoms with Crippen LogP contribution in [-0.4, -0.2) is 21.0 Å². The first-order valence-electron chi connectivity index (χ1n) is 4.34. The lowest BCUT2D eigenvalue weighted by atomic mass is 10.1. The van der Waals surface area contributed by atoms with Crippen molar-refractivity contribution >= 4 is 23.1 Å². The minimum atomic E-state index is -1.05. The summed E-state index contributed by atoms with van der Waals surface area (Å²) in [5.41, 5.74) is 1.31. The van der Waals surface area contributed by atoms with Gasteiger partial charge < -0.3 is 5.11 Å². The van der Waals surface area contributed by atoms with Crippen molar-refractivity contribution in [2.24, 2.45) is 0 Å². The van der Waals surface area contributed by atoms with Gasteiger partial charge >= 0.3 is 5.97 Å². The van der Waals surface area contributed by atoms with E-state index in [1.54, 1.807) is 24.4 Å². The van der Waals surface area contributed by atoms with Crippen LogP contribution in [0.5, 0.6) is 0 Å². The van der Waals surface area contributed by atoms with E-state index >= 15 is 0 Å². The summed E-state index contributed by atoms with van der Waals surface area (Å²) in [6, 6.07) is 4.95. The maximum Gasteiger partial charge on any atom is 0.354 e. The van der Waals surface area contributed by atoms with Gasteiger partial charge in [-0.05, 0) is 23.8 Å². The molecule has 0 spiro atoms. The Labute approximate surface area is 85.9 Å². The second-order valence-corrected chi connectivity index (χ2v) is 2.98. The van der Waals surface area contributed by atoms with Crippen LogP contribution in [0.2, 0.25) is 0 Å². The number of fused-ring (bicyclic) bond motifs is 1. The fourth-order valence-corrected chi connectivity index (χ4v) is 1.35. The fourth-order valence-electron chi connectivity index (χ4n) is 1.35. The predicted octanol–water partition coefficient (Wildman–Crippen LogP) is 1.97. The molecular formula is C11H8N2O2. The first-order valence-corrected chi connectivity index (χ1v) is 4.34. The summed E-state index contributed by atoms with van der Waals surface area (Å²) in [7, 11) is 0. The molecule has 0 saturated carbocycles. The Morgan fingerprint density at radius 2 is 2.20 bits per heavy atom. The first kappa shape index (κ1) is 9.33. The van der Waals surface area contributed by atoms with E-state index in [9.17, 15) is 4.79 Å². The lowest BCUT2D eigenvalue weighted by Crippen LogP contribution is -2.00. The van der Waals surface area contributed by atoms with Gasteiger partial charge in [-0.25, -0.2) is 14.8 Å². The third kappa shape index (κ3) is 1.57. The molecule has 1 N–H and O–H groups in total. The van der Waals surface area contributed by atoms with Gasteiger partial charge in [0.25, 0.3) is 0 Å². The monoisotopic (exact) mass is 200 g/mol. The van der Waals surface area contributed by atoms with Crippen LogP contribution < -0.4 is 0 Å². The zero-order valence-corrected chi connectivity index (χ0v) is 7.84. The van der Waals surface area contributed by atoms with Crippen LogP contribution >= 0.6 is 0 Å². The highest BCUT2D eigenvalue weighted by atomic mass is 16.4. The lowest BCUT2D eigenvalue weighted by molar-refractivity contribution is 0.0691. The molecule has 0 unspecified atom stereocenters. The van der Waals surface area contributed by atoms with Crippen LogP contribution in [0.4, 0.5) is 0 Å². The molecule has 0 aliphatic rings. The number of carbonyl (C=O) groups is 1. The highest BCUT2D eigenvalue weighted by Gasteiger charge is 2.07. The third-order valence-electron chi connectivity index (χ3n) is 2.08. The maximum absolute atomic E-state index is 10.7. The van der Waals surface area contributed by atoms with Gasteiger partial charge in [0, 0.05) is 11.6 Å². The van der Waals surface area contributed by atoms with Gasteiger partial charge in [0.1, 0.15) is 0 Å². The molecule has 74 valence electrons. The molecule has 15 heavy (non-hydrogen) atoms. The highest BCUT2D eigenvalue weighted by Crippen LogP contribution is 2.16. The number of hydrogen-bond donors (Lipinski definition) is 1. The van der Waals surface area contributed by atoms with Crippen LogP contribution in [0.15, 0.2) is 31.0 Å². The van der Waals surface area contributed by atoms with Gasteiger partial charge in [0.05, 0.1) is 0 Å². The quantitative estimate of drug-likeness (QED) is 0.804. The molecule has 0 aliphatic carbocycles. The Bertz CT molecular complexity index is 549. The first-order chi connectivity index (χ1) is 7.22. The molecule has 2 aromatic heterocycles. The number of aromatic carboxylic acids is 1. The van der Waals surface area contributed by atoms with Crippen molar-refractivity contribution in [1.29, 1.82) is 0 Å². The van der Waals surface area contributed by atoms with Crippen LogP contribution in [0.1, 0.15) is 16.1 Å². The summed E-state index contributed by atoms with van der Waals surface area (Å²) in [6.45, 7) is 3.67. The van der Waals surface area contributed by atoms with E-state index in [1.165, 1.54) is 6.07 Å². The Morgan fingerprint density at radius 1 is 1.40 bits per heavy atom. The van der Waals surface area contributed by atoms with E-state index in [0.717, 1.165) is 10.9 Å². The van der Waals surface area contributed by atoms with Crippen molar-refractivity contribution in [2.45, 2.75) is 0 Å². The molecule has 0 aromatic carbocycles. The molecule has 0 fully saturated rings. The van der Waals surface area contributed by atoms with Crippen molar-refractivity contribution in [3.8, 4) is 0 Å². The molecule has 0 atom stereocenters. The van der Waals surface area contributed by atoms with Gasteiger partial charge in [-0.15, -0.1) is 0 Å². The van der Waals surface area contributed by atoms with Crippen molar-refractivity contribution in [3.05, 3.63) is 42.2 Å². The number of hydrogen-bond acceptors (Lipinski definition) is 3. The van der Waals surface area contributed by atoms with Crippen LogP contribution in [0.3, 0.4) is 0 Å². The summed E-state index contributed by atoms with van der Waals surface area (Å²) in [5, 5.41) is 9.56. The Hall–Kier alpha value is -2.23. The number of pyridine rings is 2. The van der Waals surface area contributed by atoms with Gasteiger partial charge in [-0.3, -0.25) is 0 Å². The number of nitrogens with zero attached hydrogens (tertiary/aromatic N) is 2. The summed E-state index contributed by atoms with van der Waals surface area (Å²) >= 11 is 0. The largest absolute Gasteiger partial charge is 0.477 e. The van der Waals surface area contributed by atoms with Gasteiger partial charge in [-0.2, -0.15) is 0 Å². The Balaban J connectivity index is 2.74. The second-order valence-electron chi connectivity index (χ2n) is 2.98. The zero-order valence-electron chi connectivity index (χ0n) is 7.84. The van der Waals surface area contributed by atoms with Crippen molar-refractivity contribution in [3.63, 3.8) is 0 Å². The maximum atomic E-state index is 10.7. The van der Waals surface area contributed by atoms with Crippen molar-refractivity contribution in [1.82, 2.24) is 9.97 Å². The molecule has 2 aromatic rings. The standard InChI is InChI=1S/C11H8N2O2/c1-2-7-5-6-12-10-8(7)3-4-9(13-10)11(14)15/h2-6H,1H2,(H,14,15). The van der Waals surface area contributed by atoms with E-state index in [4.69, 9.17) is 5.11 Å². The lowest BCUT2D eigenvalue weighted by Gasteiger charge is -2.01. The Kier molecular flexibility index (Phi) is 2.17. The highest BCUT2D eigenvalue weighted by molar-refractivity contribution is 5.91. The summed E-state index contributed by atoms with van der Waals surface area (Å²) in [4.78, 5) is 18.6. The average molecular weight is 200 g/mol. The van der Waals surface area contributed by atoms with Crippen molar-refractivity contribution in [2.75, 3.05) is 0 Å². The van der Waals surface area contributed by atoms with E-state index in [-0.39, 0.29) is 5.69 Å². The molecule has 0 saturated heterocycles. The van der Waals surface area contributed by atoms with Gasteiger partial charge in [0.2, 0.25) is 0 Å². The van der Waals surface area contributed by atoms with E-state index < -0.39 is 5.97 Å². The predicted molar refractivity (Wildman–Crippen MR) is 56.6 cm³/mol. The molecule has 0 radical (unpaired) electrons. The molecule has 4 heteroatoms. The summed E-state index contributed by atoms with van der Waals surface area (Å²) < 4.78 is 0. The van der Waals surface area contributed by atoms with Crippen molar-refractivity contribution < 1.29 is 9.90 Å². The zero-order chi connectivity index (χ0) is 10.8. The normalized spacial score (nSPS) is 10.1.